The Labute approximate surface area is 169 Å². The van der Waals surface area contributed by atoms with Crippen LogP contribution in [0.5, 0.6) is 5.75 Å². The van der Waals surface area contributed by atoms with Crippen LogP contribution in [-0.4, -0.2) is 39.4 Å². The summed E-state index contributed by atoms with van der Waals surface area (Å²) < 4.78 is 33.3. The summed E-state index contributed by atoms with van der Waals surface area (Å²) in [6.07, 6.45) is 0.0798. The molecule has 9 heteroatoms. The van der Waals surface area contributed by atoms with Crippen molar-refractivity contribution in [1.29, 1.82) is 0 Å². The maximum absolute atomic E-state index is 12.6. The number of carbonyl (C=O) groups excluding carboxylic acids is 2. The molecule has 1 heterocycles. The zero-order valence-electron chi connectivity index (χ0n) is 16.2. The molecule has 1 fully saturated rings. The minimum atomic E-state index is -3.79. The molecule has 2 aromatic carbocycles. The molecule has 0 radical (unpaired) electrons. The van der Waals surface area contributed by atoms with Crippen molar-refractivity contribution in [3.05, 3.63) is 48.5 Å². The number of nitrogens with zero attached hydrogens (tertiary/aromatic N) is 1. The van der Waals surface area contributed by atoms with Gasteiger partial charge in [0.25, 0.3) is 0 Å². The van der Waals surface area contributed by atoms with Gasteiger partial charge >= 0.3 is 0 Å². The third-order valence-corrected chi connectivity index (χ3v) is 5.93. The minimum Gasteiger partial charge on any atom is -0.494 e. The first-order chi connectivity index (χ1) is 13.8. The van der Waals surface area contributed by atoms with Crippen molar-refractivity contribution in [2.45, 2.75) is 31.2 Å². The van der Waals surface area contributed by atoms with Gasteiger partial charge in [-0.05, 0) is 55.5 Å². The fourth-order valence-electron chi connectivity index (χ4n) is 3.13. The van der Waals surface area contributed by atoms with Gasteiger partial charge in [0.05, 0.1) is 11.5 Å². The molecule has 1 saturated heterocycles. The molecule has 2 amide bonds. The highest BCUT2D eigenvalue weighted by Gasteiger charge is 2.33. The van der Waals surface area contributed by atoms with Gasteiger partial charge < -0.3 is 15.0 Å². The van der Waals surface area contributed by atoms with Crippen LogP contribution >= 0.6 is 0 Å². The van der Waals surface area contributed by atoms with Gasteiger partial charge in [0.15, 0.2) is 0 Å². The standard InChI is InChI=1S/C20H23N3O5S/c1-3-28-18-8-6-17(7-9-18)23-13-16(12-20(23)25)22-29(26,27)19-10-4-15(5-11-19)21-14(2)24/h4-11,16,22H,3,12-13H2,1-2H3,(H,21,24)/t16-/m0/s1. The van der Waals surface area contributed by atoms with Crippen LogP contribution in [0, 0.1) is 0 Å². The van der Waals surface area contributed by atoms with Crippen molar-refractivity contribution >= 4 is 33.2 Å². The molecule has 8 nitrogen and oxygen atoms in total. The summed E-state index contributed by atoms with van der Waals surface area (Å²) in [5.41, 5.74) is 1.20. The highest BCUT2D eigenvalue weighted by atomic mass is 32.2. The Morgan fingerprint density at radius 3 is 2.38 bits per heavy atom. The van der Waals surface area contributed by atoms with E-state index < -0.39 is 16.1 Å². The Morgan fingerprint density at radius 1 is 1.14 bits per heavy atom. The van der Waals surface area contributed by atoms with E-state index in [1.807, 2.05) is 6.92 Å². The van der Waals surface area contributed by atoms with Gasteiger partial charge in [0.2, 0.25) is 21.8 Å². The van der Waals surface area contributed by atoms with E-state index in [-0.39, 0.29) is 29.7 Å². The topological polar surface area (TPSA) is 105 Å². The number of benzene rings is 2. The lowest BCUT2D eigenvalue weighted by Gasteiger charge is -2.18. The van der Waals surface area contributed by atoms with Crippen molar-refractivity contribution in [2.75, 3.05) is 23.4 Å². The van der Waals surface area contributed by atoms with Crippen LogP contribution < -0.4 is 19.7 Å². The van der Waals surface area contributed by atoms with Gasteiger partial charge in [0.1, 0.15) is 5.75 Å². The Bertz CT molecular complexity index is 988. The summed E-state index contributed by atoms with van der Waals surface area (Å²) in [4.78, 5) is 25.1. The number of hydrogen-bond acceptors (Lipinski definition) is 5. The van der Waals surface area contributed by atoms with Crippen LogP contribution in [0.15, 0.2) is 53.4 Å². The van der Waals surface area contributed by atoms with Crippen LogP contribution in [0.2, 0.25) is 0 Å². The van der Waals surface area contributed by atoms with Crippen molar-refractivity contribution in [1.82, 2.24) is 4.72 Å². The second-order valence-corrected chi connectivity index (χ2v) is 8.37. The summed E-state index contributed by atoms with van der Waals surface area (Å²) in [6.45, 7) is 4.06. The lowest BCUT2D eigenvalue weighted by molar-refractivity contribution is -0.117. The third-order valence-electron chi connectivity index (χ3n) is 4.39. The number of carbonyl (C=O) groups is 2. The van der Waals surface area contributed by atoms with Crippen molar-refractivity contribution in [2.24, 2.45) is 0 Å². The van der Waals surface area contributed by atoms with Gasteiger partial charge in [-0.3, -0.25) is 9.59 Å². The van der Waals surface area contributed by atoms with E-state index in [9.17, 15) is 18.0 Å². The largest absolute Gasteiger partial charge is 0.494 e. The molecule has 1 aliphatic rings. The predicted molar refractivity (Wildman–Crippen MR) is 109 cm³/mol. The Hall–Kier alpha value is -2.91. The van der Waals surface area contributed by atoms with Gasteiger partial charge in [-0.1, -0.05) is 0 Å². The Morgan fingerprint density at radius 2 is 1.79 bits per heavy atom. The van der Waals surface area contributed by atoms with Crippen LogP contribution in [0.1, 0.15) is 20.3 Å². The SMILES string of the molecule is CCOc1ccc(N2C[C@@H](NS(=O)(=O)c3ccc(NC(C)=O)cc3)CC2=O)cc1. The molecule has 0 bridgehead atoms. The van der Waals surface area contributed by atoms with E-state index >= 15 is 0 Å². The molecular weight excluding hydrogens is 394 g/mol. The van der Waals surface area contributed by atoms with Gasteiger partial charge in [-0.25, -0.2) is 13.1 Å². The molecule has 2 aromatic rings. The summed E-state index contributed by atoms with van der Waals surface area (Å²) >= 11 is 0. The second kappa shape index (κ2) is 8.62. The van der Waals surface area contributed by atoms with Crippen LogP contribution in [-0.2, 0) is 19.6 Å². The number of ether oxygens (including phenoxy) is 1. The van der Waals surface area contributed by atoms with E-state index in [0.717, 1.165) is 0 Å². The van der Waals surface area contributed by atoms with Gasteiger partial charge in [0, 0.05) is 37.3 Å². The molecular formula is C20H23N3O5S. The number of amides is 2. The maximum atomic E-state index is 12.6. The van der Waals surface area contributed by atoms with E-state index in [4.69, 9.17) is 4.74 Å². The highest BCUT2D eigenvalue weighted by Crippen LogP contribution is 2.25. The first-order valence-electron chi connectivity index (χ1n) is 9.21. The molecule has 0 aromatic heterocycles. The fraction of sp³-hybridized carbons (Fsp3) is 0.300. The van der Waals surface area contributed by atoms with E-state index in [1.54, 1.807) is 29.2 Å². The quantitative estimate of drug-likeness (QED) is 0.718. The number of hydrogen-bond donors (Lipinski definition) is 2. The molecule has 0 saturated carbocycles. The summed E-state index contributed by atoms with van der Waals surface area (Å²) in [7, 11) is -3.79. The lowest BCUT2D eigenvalue weighted by Crippen LogP contribution is -2.37. The van der Waals surface area contributed by atoms with Crippen molar-refractivity contribution in [3.8, 4) is 5.75 Å². The van der Waals surface area contributed by atoms with Crippen molar-refractivity contribution < 1.29 is 22.7 Å². The average Bonchev–Trinajstić information content (AvgIpc) is 3.02. The molecule has 154 valence electrons. The molecule has 1 atom stereocenters. The zero-order valence-corrected chi connectivity index (χ0v) is 17.0. The molecule has 29 heavy (non-hydrogen) atoms. The second-order valence-electron chi connectivity index (χ2n) is 6.66. The molecule has 2 N–H and O–H groups in total. The fourth-order valence-corrected chi connectivity index (χ4v) is 4.36. The molecule has 3 rings (SSSR count). The normalized spacial score (nSPS) is 16.7. The van der Waals surface area contributed by atoms with Crippen molar-refractivity contribution in [3.63, 3.8) is 0 Å². The highest BCUT2D eigenvalue weighted by molar-refractivity contribution is 7.89. The van der Waals surface area contributed by atoms with Gasteiger partial charge in [-0.2, -0.15) is 0 Å². The predicted octanol–water partition coefficient (Wildman–Crippen LogP) is 2.13. The Balaban J connectivity index is 1.67. The zero-order chi connectivity index (χ0) is 21.0. The number of rotatable bonds is 7. The van der Waals surface area contributed by atoms with Crippen LogP contribution in [0.3, 0.4) is 0 Å². The summed E-state index contributed by atoms with van der Waals surface area (Å²) in [5.74, 6) is 0.323. The molecule has 0 spiro atoms. The summed E-state index contributed by atoms with van der Waals surface area (Å²) in [5, 5.41) is 2.58. The van der Waals surface area contributed by atoms with E-state index in [0.29, 0.717) is 23.7 Å². The van der Waals surface area contributed by atoms with E-state index in [1.165, 1.54) is 31.2 Å². The molecule has 0 unspecified atom stereocenters. The number of anilines is 2. The Kier molecular flexibility index (Phi) is 6.19. The maximum Gasteiger partial charge on any atom is 0.240 e. The smallest absolute Gasteiger partial charge is 0.240 e. The minimum absolute atomic E-state index is 0.0681. The number of nitrogens with one attached hydrogen (secondary N) is 2. The van der Waals surface area contributed by atoms with Crippen LogP contribution in [0.25, 0.3) is 0 Å². The molecule has 0 aliphatic carbocycles. The first kappa shape index (κ1) is 20.8. The average molecular weight is 417 g/mol. The monoisotopic (exact) mass is 417 g/mol. The van der Waals surface area contributed by atoms with E-state index in [2.05, 4.69) is 10.0 Å². The first-order valence-corrected chi connectivity index (χ1v) is 10.7. The van der Waals surface area contributed by atoms with Gasteiger partial charge in [-0.15, -0.1) is 0 Å². The van der Waals surface area contributed by atoms with Crippen LogP contribution in [0.4, 0.5) is 11.4 Å². The lowest BCUT2D eigenvalue weighted by atomic mass is 10.3. The third kappa shape index (κ3) is 5.12. The molecule has 1 aliphatic heterocycles. The summed E-state index contributed by atoms with van der Waals surface area (Å²) in [6, 6.07) is 12.4. The number of sulfonamides is 1.